The molecule has 0 aliphatic rings. The number of methoxy groups -OCH3 is 1. The zero-order valence-corrected chi connectivity index (χ0v) is 9.11. The van der Waals surface area contributed by atoms with Crippen molar-refractivity contribution in [2.24, 2.45) is 0 Å². The van der Waals surface area contributed by atoms with Crippen molar-refractivity contribution in [3.8, 4) is 0 Å². The normalized spacial score (nSPS) is 10.6. The minimum absolute atomic E-state index is 0.585. The Balaban J connectivity index is 2.76. The Bertz CT molecular complexity index is 83.7. The molecule has 0 saturated carbocycles. The van der Waals surface area contributed by atoms with E-state index in [0.717, 1.165) is 39.1 Å². The highest BCUT2D eigenvalue weighted by Gasteiger charge is 1.89. The van der Waals surface area contributed by atoms with Gasteiger partial charge in [0.15, 0.2) is 0 Å². The van der Waals surface area contributed by atoms with Crippen LogP contribution < -0.4 is 5.32 Å². The van der Waals surface area contributed by atoms with E-state index in [9.17, 15) is 0 Å². The van der Waals surface area contributed by atoms with Crippen LogP contribution in [0.1, 0.15) is 12.8 Å². The third kappa shape index (κ3) is 12.2. The maximum Gasteiger partial charge on any atom is 0.0601 e. The fraction of sp³-hybridized carbons (Fsp3) is 1.00. The van der Waals surface area contributed by atoms with Gasteiger partial charge in [0.05, 0.1) is 6.61 Å². The first-order valence-corrected chi connectivity index (χ1v) is 5.28. The van der Waals surface area contributed by atoms with Crippen LogP contribution in [0.5, 0.6) is 0 Å². The van der Waals surface area contributed by atoms with Gasteiger partial charge in [0.1, 0.15) is 0 Å². The Morgan fingerprint density at radius 1 is 1.08 bits per heavy atom. The zero-order valence-electron chi connectivity index (χ0n) is 8.35. The van der Waals surface area contributed by atoms with Gasteiger partial charge in [-0.1, -0.05) is 0 Å². The SMILES string of the molecule is COCCCNCCCOCCCl. The molecule has 0 saturated heterocycles. The number of alkyl halides is 1. The van der Waals surface area contributed by atoms with Crippen LogP contribution in [-0.4, -0.2) is 45.9 Å². The van der Waals surface area contributed by atoms with Crippen molar-refractivity contribution < 1.29 is 9.47 Å². The summed E-state index contributed by atoms with van der Waals surface area (Å²) < 4.78 is 10.1. The molecule has 0 aliphatic heterocycles. The van der Waals surface area contributed by atoms with Crippen molar-refractivity contribution >= 4 is 11.6 Å². The lowest BCUT2D eigenvalue weighted by Crippen LogP contribution is -2.19. The van der Waals surface area contributed by atoms with Crippen molar-refractivity contribution in [2.75, 3.05) is 45.9 Å². The van der Waals surface area contributed by atoms with E-state index >= 15 is 0 Å². The van der Waals surface area contributed by atoms with Crippen molar-refractivity contribution in [3.63, 3.8) is 0 Å². The predicted molar refractivity (Wildman–Crippen MR) is 55.5 cm³/mol. The summed E-state index contributed by atoms with van der Waals surface area (Å²) >= 11 is 5.44. The number of nitrogens with one attached hydrogen (secondary N) is 1. The van der Waals surface area contributed by atoms with E-state index in [1.165, 1.54) is 0 Å². The van der Waals surface area contributed by atoms with Crippen molar-refractivity contribution in [1.82, 2.24) is 5.32 Å². The molecule has 0 fully saturated rings. The first-order valence-electron chi connectivity index (χ1n) is 4.75. The van der Waals surface area contributed by atoms with Gasteiger partial charge in [-0.25, -0.2) is 0 Å². The summed E-state index contributed by atoms with van der Waals surface area (Å²) in [6.45, 7) is 4.31. The number of halogens is 1. The summed E-state index contributed by atoms with van der Waals surface area (Å²) in [6.07, 6.45) is 2.11. The van der Waals surface area contributed by atoms with Crippen molar-refractivity contribution in [2.45, 2.75) is 12.8 Å². The molecule has 0 bridgehead atoms. The molecular formula is C9H20ClNO2. The third-order valence-corrected chi connectivity index (χ3v) is 1.72. The smallest absolute Gasteiger partial charge is 0.0601 e. The minimum Gasteiger partial charge on any atom is -0.385 e. The molecule has 0 aromatic rings. The standard InChI is InChI=1S/C9H20ClNO2/c1-12-7-2-5-11-6-3-8-13-9-4-10/h11H,2-9H2,1H3. The molecule has 0 heterocycles. The molecule has 0 unspecified atom stereocenters. The molecule has 3 nitrogen and oxygen atoms in total. The lowest BCUT2D eigenvalue weighted by atomic mass is 10.4. The number of hydrogen-bond acceptors (Lipinski definition) is 3. The van der Waals surface area contributed by atoms with Gasteiger partial charge in [-0.3, -0.25) is 0 Å². The van der Waals surface area contributed by atoms with E-state index in [4.69, 9.17) is 21.1 Å². The molecule has 0 aromatic heterocycles. The average molecular weight is 210 g/mol. The van der Waals surface area contributed by atoms with Gasteiger partial charge in [0.25, 0.3) is 0 Å². The highest BCUT2D eigenvalue weighted by atomic mass is 35.5. The molecule has 0 atom stereocenters. The first-order chi connectivity index (χ1) is 6.41. The van der Waals surface area contributed by atoms with Crippen LogP contribution in [0.25, 0.3) is 0 Å². The van der Waals surface area contributed by atoms with Gasteiger partial charge in [-0.2, -0.15) is 0 Å². The fourth-order valence-corrected chi connectivity index (χ4v) is 1.03. The number of ether oxygens (including phenoxy) is 2. The van der Waals surface area contributed by atoms with Gasteiger partial charge in [-0.05, 0) is 25.9 Å². The molecule has 0 amide bonds. The second-order valence-corrected chi connectivity index (χ2v) is 3.13. The summed E-state index contributed by atoms with van der Waals surface area (Å²) in [5.41, 5.74) is 0. The summed E-state index contributed by atoms with van der Waals surface area (Å²) in [6, 6.07) is 0. The van der Waals surface area contributed by atoms with E-state index in [0.29, 0.717) is 12.5 Å². The number of rotatable bonds is 10. The molecular weight excluding hydrogens is 190 g/mol. The van der Waals surface area contributed by atoms with Gasteiger partial charge >= 0.3 is 0 Å². The van der Waals surface area contributed by atoms with Crippen LogP contribution in [0.3, 0.4) is 0 Å². The Hall–Kier alpha value is 0.170. The largest absolute Gasteiger partial charge is 0.385 e. The van der Waals surface area contributed by atoms with Crippen LogP contribution in [0.15, 0.2) is 0 Å². The molecule has 80 valence electrons. The first kappa shape index (κ1) is 13.2. The monoisotopic (exact) mass is 209 g/mol. The van der Waals surface area contributed by atoms with E-state index in [2.05, 4.69) is 5.32 Å². The summed E-state index contributed by atoms with van der Waals surface area (Å²) in [4.78, 5) is 0. The van der Waals surface area contributed by atoms with Gasteiger partial charge in [-0.15, -0.1) is 11.6 Å². The topological polar surface area (TPSA) is 30.5 Å². The number of hydrogen-bond donors (Lipinski definition) is 1. The van der Waals surface area contributed by atoms with E-state index in [1.807, 2.05) is 0 Å². The van der Waals surface area contributed by atoms with Gasteiger partial charge < -0.3 is 14.8 Å². The Morgan fingerprint density at radius 3 is 2.38 bits per heavy atom. The molecule has 1 N–H and O–H groups in total. The van der Waals surface area contributed by atoms with Crippen LogP contribution in [0, 0.1) is 0 Å². The maximum atomic E-state index is 5.44. The van der Waals surface area contributed by atoms with Crippen LogP contribution in [0.2, 0.25) is 0 Å². The van der Waals surface area contributed by atoms with E-state index in [1.54, 1.807) is 7.11 Å². The van der Waals surface area contributed by atoms with E-state index < -0.39 is 0 Å². The second kappa shape index (κ2) is 12.2. The molecule has 0 aromatic carbocycles. The van der Waals surface area contributed by atoms with Crippen molar-refractivity contribution in [1.29, 1.82) is 0 Å². The average Bonchev–Trinajstić information content (AvgIpc) is 2.16. The fourth-order valence-electron chi connectivity index (χ4n) is 0.922. The molecule has 0 aliphatic carbocycles. The van der Waals surface area contributed by atoms with Gasteiger partial charge in [0, 0.05) is 26.2 Å². The molecule has 4 heteroatoms. The summed E-state index contributed by atoms with van der Waals surface area (Å²) in [5.74, 6) is 0.585. The molecule has 13 heavy (non-hydrogen) atoms. The second-order valence-electron chi connectivity index (χ2n) is 2.75. The van der Waals surface area contributed by atoms with Crippen LogP contribution in [-0.2, 0) is 9.47 Å². The predicted octanol–water partition coefficient (Wildman–Crippen LogP) is 1.26. The minimum atomic E-state index is 0.585. The quantitative estimate of drug-likeness (QED) is 0.434. The van der Waals surface area contributed by atoms with Gasteiger partial charge in [0.2, 0.25) is 0 Å². The highest BCUT2D eigenvalue weighted by molar-refractivity contribution is 6.17. The summed E-state index contributed by atoms with van der Waals surface area (Å²) in [5, 5.41) is 3.30. The highest BCUT2D eigenvalue weighted by Crippen LogP contribution is 1.83. The molecule has 0 spiro atoms. The zero-order chi connectivity index (χ0) is 9.78. The summed E-state index contributed by atoms with van der Waals surface area (Å²) in [7, 11) is 1.72. The lowest BCUT2D eigenvalue weighted by molar-refractivity contribution is 0.146. The molecule has 0 radical (unpaired) electrons. The van der Waals surface area contributed by atoms with E-state index in [-0.39, 0.29) is 0 Å². The third-order valence-electron chi connectivity index (χ3n) is 1.57. The van der Waals surface area contributed by atoms with Crippen LogP contribution >= 0.6 is 11.6 Å². The Kier molecular flexibility index (Phi) is 12.3. The lowest BCUT2D eigenvalue weighted by Gasteiger charge is -2.04. The van der Waals surface area contributed by atoms with Crippen LogP contribution in [0.4, 0.5) is 0 Å². The maximum absolute atomic E-state index is 5.44. The van der Waals surface area contributed by atoms with Crippen molar-refractivity contribution in [3.05, 3.63) is 0 Å². The Morgan fingerprint density at radius 2 is 1.77 bits per heavy atom. The molecule has 0 rings (SSSR count). The Labute approximate surface area is 85.7 Å².